The third-order valence-corrected chi connectivity index (χ3v) is 1.96. The molecular formula is C9H13Cl2N. The molecule has 0 fully saturated rings. The van der Waals surface area contributed by atoms with Gasteiger partial charge in [-0.15, -0.1) is 11.6 Å². The molecule has 0 unspecified atom stereocenters. The van der Waals surface area contributed by atoms with E-state index in [4.69, 9.17) is 23.2 Å². The zero-order valence-electron chi connectivity index (χ0n) is 7.56. The molecule has 0 radical (unpaired) electrons. The average molecular weight is 206 g/mol. The van der Waals surface area contributed by atoms with E-state index in [0.29, 0.717) is 11.0 Å². The van der Waals surface area contributed by atoms with Crippen molar-refractivity contribution in [1.82, 2.24) is 4.98 Å². The summed E-state index contributed by atoms with van der Waals surface area (Å²) in [7, 11) is 0. The minimum Gasteiger partial charge on any atom is -0.244 e. The number of aromatic nitrogens is 1. The second-order valence-corrected chi connectivity index (χ2v) is 2.66. The molecule has 0 aliphatic heterocycles. The number of aryl methyl sites for hydroxylation is 1. The van der Waals surface area contributed by atoms with E-state index in [1.165, 1.54) is 0 Å². The Morgan fingerprint density at radius 3 is 2.33 bits per heavy atom. The van der Waals surface area contributed by atoms with Gasteiger partial charge in [0.2, 0.25) is 0 Å². The lowest BCUT2D eigenvalue weighted by molar-refractivity contribution is 1.19. The summed E-state index contributed by atoms with van der Waals surface area (Å²) in [6, 6.07) is 1.89. The van der Waals surface area contributed by atoms with Crippen LogP contribution in [-0.2, 0) is 5.88 Å². The summed E-state index contributed by atoms with van der Waals surface area (Å²) in [5.74, 6) is 0.429. The summed E-state index contributed by atoms with van der Waals surface area (Å²) in [6.45, 7) is 5.96. The van der Waals surface area contributed by atoms with E-state index < -0.39 is 0 Å². The molecule has 0 bridgehead atoms. The van der Waals surface area contributed by atoms with Gasteiger partial charge in [0, 0.05) is 11.8 Å². The van der Waals surface area contributed by atoms with E-state index in [0.717, 1.165) is 11.1 Å². The Balaban J connectivity index is 0.000000561. The zero-order chi connectivity index (χ0) is 9.56. The Morgan fingerprint density at radius 2 is 2.00 bits per heavy atom. The quantitative estimate of drug-likeness (QED) is 0.503. The van der Waals surface area contributed by atoms with Crippen LogP contribution in [0.4, 0.5) is 0 Å². The fourth-order valence-corrected chi connectivity index (χ4v) is 1.39. The van der Waals surface area contributed by atoms with Gasteiger partial charge >= 0.3 is 0 Å². The normalized spacial score (nSPS) is 8.75. The molecule has 0 atom stereocenters. The van der Waals surface area contributed by atoms with Gasteiger partial charge in [-0.25, -0.2) is 4.98 Å². The van der Waals surface area contributed by atoms with Gasteiger partial charge in [0.05, 0.1) is 5.88 Å². The van der Waals surface area contributed by atoms with Crippen molar-refractivity contribution in [3.63, 3.8) is 0 Å². The van der Waals surface area contributed by atoms with Gasteiger partial charge in [-0.2, -0.15) is 0 Å². The topological polar surface area (TPSA) is 12.9 Å². The zero-order valence-corrected chi connectivity index (χ0v) is 9.08. The smallest absolute Gasteiger partial charge is 0.133 e. The molecule has 0 saturated heterocycles. The number of rotatable bonds is 1. The maximum absolute atomic E-state index is 5.73. The third kappa shape index (κ3) is 3.00. The molecule has 3 heteroatoms. The molecule has 1 aromatic rings. The average Bonchev–Trinajstić information content (AvgIpc) is 2.08. The highest BCUT2D eigenvalue weighted by Gasteiger charge is 2.01. The van der Waals surface area contributed by atoms with E-state index in [9.17, 15) is 0 Å². The van der Waals surface area contributed by atoms with Crippen LogP contribution < -0.4 is 0 Å². The summed E-state index contributed by atoms with van der Waals surface area (Å²) in [5.41, 5.74) is 2.01. The standard InChI is InChI=1S/C7H7Cl2N.C2H6/c1-5-2-3-10-7(9)6(5)4-8;1-2/h2-3H,4H2,1H3;1-2H3. The minimum absolute atomic E-state index is 0.429. The van der Waals surface area contributed by atoms with Crippen molar-refractivity contribution >= 4 is 23.2 Å². The SMILES string of the molecule is CC.Cc1ccnc(Cl)c1CCl. The predicted molar refractivity (Wildman–Crippen MR) is 54.9 cm³/mol. The number of halogens is 2. The third-order valence-electron chi connectivity index (χ3n) is 1.37. The lowest BCUT2D eigenvalue weighted by atomic mass is 10.2. The van der Waals surface area contributed by atoms with Gasteiger partial charge in [0.25, 0.3) is 0 Å². The molecule has 0 amide bonds. The fourth-order valence-electron chi connectivity index (χ4n) is 0.716. The molecule has 0 saturated carbocycles. The molecule has 0 spiro atoms. The van der Waals surface area contributed by atoms with Crippen LogP contribution in [0.2, 0.25) is 5.15 Å². The molecule has 0 N–H and O–H groups in total. The summed E-state index contributed by atoms with van der Waals surface area (Å²) >= 11 is 11.3. The first-order chi connectivity index (χ1) is 5.75. The maximum atomic E-state index is 5.73. The Morgan fingerprint density at radius 1 is 1.42 bits per heavy atom. The van der Waals surface area contributed by atoms with E-state index >= 15 is 0 Å². The highest BCUT2D eigenvalue weighted by Crippen LogP contribution is 2.17. The van der Waals surface area contributed by atoms with E-state index in [2.05, 4.69) is 4.98 Å². The van der Waals surface area contributed by atoms with Gasteiger partial charge in [-0.3, -0.25) is 0 Å². The lowest BCUT2D eigenvalue weighted by Gasteiger charge is -2.00. The van der Waals surface area contributed by atoms with Gasteiger partial charge in [0.15, 0.2) is 0 Å². The summed E-state index contributed by atoms with van der Waals surface area (Å²) in [5, 5.41) is 0.509. The van der Waals surface area contributed by atoms with Crippen molar-refractivity contribution in [2.24, 2.45) is 0 Å². The largest absolute Gasteiger partial charge is 0.244 e. The molecule has 1 nitrogen and oxygen atoms in total. The Kier molecular flexibility index (Phi) is 6.13. The highest BCUT2D eigenvalue weighted by molar-refractivity contribution is 6.31. The first-order valence-electron chi connectivity index (χ1n) is 3.91. The van der Waals surface area contributed by atoms with Crippen LogP contribution in [0.5, 0.6) is 0 Å². The Hall–Kier alpha value is -0.270. The van der Waals surface area contributed by atoms with Crippen molar-refractivity contribution in [1.29, 1.82) is 0 Å². The van der Waals surface area contributed by atoms with Crippen molar-refractivity contribution in [2.45, 2.75) is 26.7 Å². The summed E-state index contributed by atoms with van der Waals surface area (Å²) in [6.07, 6.45) is 1.67. The number of hydrogen-bond donors (Lipinski definition) is 0. The molecule has 0 aromatic carbocycles. The highest BCUT2D eigenvalue weighted by atomic mass is 35.5. The minimum atomic E-state index is 0.429. The maximum Gasteiger partial charge on any atom is 0.133 e. The van der Waals surface area contributed by atoms with Gasteiger partial charge in [-0.05, 0) is 18.6 Å². The van der Waals surface area contributed by atoms with Crippen molar-refractivity contribution in [3.05, 3.63) is 28.5 Å². The summed E-state index contributed by atoms with van der Waals surface area (Å²) in [4.78, 5) is 3.89. The molecule has 1 rings (SSSR count). The van der Waals surface area contributed by atoms with Crippen LogP contribution in [0.15, 0.2) is 12.3 Å². The number of alkyl halides is 1. The molecule has 0 aliphatic rings. The molecular weight excluding hydrogens is 193 g/mol. The molecule has 12 heavy (non-hydrogen) atoms. The van der Waals surface area contributed by atoms with E-state index in [-0.39, 0.29) is 0 Å². The number of nitrogens with zero attached hydrogens (tertiary/aromatic N) is 1. The first kappa shape index (κ1) is 11.7. The summed E-state index contributed by atoms with van der Waals surface area (Å²) < 4.78 is 0. The van der Waals surface area contributed by atoms with Crippen molar-refractivity contribution < 1.29 is 0 Å². The Bertz CT molecular complexity index is 216. The lowest BCUT2D eigenvalue weighted by Crippen LogP contribution is -1.88. The van der Waals surface area contributed by atoms with Crippen molar-refractivity contribution in [3.8, 4) is 0 Å². The van der Waals surface area contributed by atoms with Crippen LogP contribution in [0.25, 0.3) is 0 Å². The molecule has 68 valence electrons. The second kappa shape index (κ2) is 6.27. The molecule has 1 heterocycles. The van der Waals surface area contributed by atoms with Crippen LogP contribution in [-0.4, -0.2) is 4.98 Å². The number of pyridine rings is 1. The monoisotopic (exact) mass is 205 g/mol. The molecule has 0 aliphatic carbocycles. The van der Waals surface area contributed by atoms with Gasteiger partial charge in [-0.1, -0.05) is 25.4 Å². The van der Waals surface area contributed by atoms with Crippen LogP contribution in [0.3, 0.4) is 0 Å². The van der Waals surface area contributed by atoms with Crippen molar-refractivity contribution in [2.75, 3.05) is 0 Å². The van der Waals surface area contributed by atoms with E-state index in [1.54, 1.807) is 6.20 Å². The number of hydrogen-bond acceptors (Lipinski definition) is 1. The second-order valence-electron chi connectivity index (χ2n) is 2.03. The fraction of sp³-hybridized carbons (Fsp3) is 0.444. The van der Waals surface area contributed by atoms with E-state index in [1.807, 2.05) is 26.8 Å². The molecule has 1 aromatic heterocycles. The van der Waals surface area contributed by atoms with Gasteiger partial charge < -0.3 is 0 Å². The van der Waals surface area contributed by atoms with Gasteiger partial charge in [0.1, 0.15) is 5.15 Å². The predicted octanol–water partition coefficient (Wildman–Crippen LogP) is 3.81. The first-order valence-corrected chi connectivity index (χ1v) is 4.83. The van der Waals surface area contributed by atoms with Crippen LogP contribution >= 0.6 is 23.2 Å². The van der Waals surface area contributed by atoms with Crippen LogP contribution in [0, 0.1) is 6.92 Å². The Labute approximate surface area is 83.7 Å². The van der Waals surface area contributed by atoms with Crippen LogP contribution in [0.1, 0.15) is 25.0 Å².